The van der Waals surface area contributed by atoms with Gasteiger partial charge in [-0.1, -0.05) is 37.3 Å². The summed E-state index contributed by atoms with van der Waals surface area (Å²) in [5.74, 6) is 0.595. The van der Waals surface area contributed by atoms with Crippen molar-refractivity contribution in [3.8, 4) is 0 Å². The summed E-state index contributed by atoms with van der Waals surface area (Å²) in [6.07, 6.45) is 0.455. The van der Waals surface area contributed by atoms with Crippen LogP contribution in [0.15, 0.2) is 54.6 Å². The highest BCUT2D eigenvalue weighted by Gasteiger charge is 2.33. The van der Waals surface area contributed by atoms with Crippen molar-refractivity contribution in [2.24, 2.45) is 0 Å². The molecular formula is C18H18N2O2S. The van der Waals surface area contributed by atoms with Crippen LogP contribution in [0.25, 0.3) is 0 Å². The van der Waals surface area contributed by atoms with Crippen molar-refractivity contribution >= 4 is 35.0 Å². The molecule has 1 fully saturated rings. The Kier molecular flexibility index (Phi) is 4.67. The molecule has 3 rings (SSSR count). The van der Waals surface area contributed by atoms with E-state index < -0.39 is 0 Å². The van der Waals surface area contributed by atoms with Gasteiger partial charge in [0.25, 0.3) is 0 Å². The lowest BCUT2D eigenvalue weighted by Crippen LogP contribution is -2.27. The summed E-state index contributed by atoms with van der Waals surface area (Å²) in [7, 11) is 0. The Morgan fingerprint density at radius 1 is 1.17 bits per heavy atom. The van der Waals surface area contributed by atoms with Crippen LogP contribution in [0.2, 0.25) is 0 Å². The molecule has 4 nitrogen and oxygen atoms in total. The molecule has 0 radical (unpaired) electrons. The topological polar surface area (TPSA) is 49.4 Å². The van der Waals surface area contributed by atoms with Gasteiger partial charge in [-0.15, -0.1) is 11.8 Å². The average molecular weight is 326 g/mol. The Morgan fingerprint density at radius 3 is 2.52 bits per heavy atom. The van der Waals surface area contributed by atoms with Crippen molar-refractivity contribution in [1.82, 2.24) is 0 Å². The van der Waals surface area contributed by atoms with E-state index in [4.69, 9.17) is 0 Å². The third kappa shape index (κ3) is 3.40. The van der Waals surface area contributed by atoms with Crippen LogP contribution in [0, 0.1) is 0 Å². The zero-order valence-electron chi connectivity index (χ0n) is 12.9. The maximum absolute atomic E-state index is 12.3. The molecule has 1 atom stereocenters. The third-order valence-corrected chi connectivity index (χ3v) is 4.92. The number of thioether (sulfide) groups is 1. The minimum Gasteiger partial charge on any atom is -0.326 e. The molecule has 1 heterocycles. The summed E-state index contributed by atoms with van der Waals surface area (Å²) < 4.78 is 0. The zero-order valence-corrected chi connectivity index (χ0v) is 13.7. The third-order valence-electron chi connectivity index (χ3n) is 3.70. The molecule has 1 aliphatic rings. The average Bonchev–Trinajstić information content (AvgIpc) is 2.98. The second-order valence-corrected chi connectivity index (χ2v) is 6.35. The molecule has 2 amide bonds. The Morgan fingerprint density at radius 2 is 1.87 bits per heavy atom. The number of anilines is 2. The fraction of sp³-hybridized carbons (Fsp3) is 0.222. The highest BCUT2D eigenvalue weighted by atomic mass is 32.2. The summed E-state index contributed by atoms with van der Waals surface area (Å²) in [5, 5.41) is 2.81. The van der Waals surface area contributed by atoms with Crippen LogP contribution in [-0.2, 0) is 9.59 Å². The van der Waals surface area contributed by atoms with E-state index in [1.54, 1.807) is 11.8 Å². The van der Waals surface area contributed by atoms with Crippen LogP contribution in [0.3, 0.4) is 0 Å². The minimum absolute atomic E-state index is 0.00548. The molecule has 0 spiro atoms. The molecule has 1 saturated heterocycles. The smallest absolute Gasteiger partial charge is 0.238 e. The number of nitrogens with one attached hydrogen (secondary N) is 1. The fourth-order valence-electron chi connectivity index (χ4n) is 2.52. The predicted octanol–water partition coefficient (Wildman–Crippen LogP) is 3.81. The molecule has 0 aromatic heterocycles. The van der Waals surface area contributed by atoms with Crippen molar-refractivity contribution in [2.75, 3.05) is 16.0 Å². The van der Waals surface area contributed by atoms with E-state index in [2.05, 4.69) is 5.32 Å². The predicted molar refractivity (Wildman–Crippen MR) is 94.5 cm³/mol. The molecule has 0 bridgehead atoms. The van der Waals surface area contributed by atoms with E-state index in [-0.39, 0.29) is 17.2 Å². The zero-order chi connectivity index (χ0) is 16.2. The molecule has 23 heavy (non-hydrogen) atoms. The summed E-state index contributed by atoms with van der Waals surface area (Å²) in [6.45, 7) is 1.82. The molecular weight excluding hydrogens is 308 g/mol. The summed E-state index contributed by atoms with van der Waals surface area (Å²) >= 11 is 1.62. The number of rotatable bonds is 4. The monoisotopic (exact) mass is 326 g/mol. The number of hydrogen-bond acceptors (Lipinski definition) is 3. The van der Waals surface area contributed by atoms with E-state index in [1.165, 1.54) is 0 Å². The normalized spacial score (nSPS) is 17.3. The quantitative estimate of drug-likeness (QED) is 0.929. The first kappa shape index (κ1) is 15.6. The Hall–Kier alpha value is -2.27. The molecule has 1 unspecified atom stereocenters. The Bertz CT molecular complexity index is 701. The van der Waals surface area contributed by atoms with Gasteiger partial charge in [0.15, 0.2) is 0 Å². The standard InChI is InChI=1S/C18H18N2O2S/c1-2-16(21)19-14-10-8-13(9-11-14)18-20(17(22)12-23-18)15-6-4-3-5-7-15/h3-11,18H,2,12H2,1H3,(H,19,21). The highest BCUT2D eigenvalue weighted by molar-refractivity contribution is 8.00. The molecule has 5 heteroatoms. The van der Waals surface area contributed by atoms with Crippen LogP contribution in [0.4, 0.5) is 11.4 Å². The van der Waals surface area contributed by atoms with Crippen molar-refractivity contribution in [1.29, 1.82) is 0 Å². The molecule has 1 aliphatic heterocycles. The minimum atomic E-state index is -0.0270. The maximum atomic E-state index is 12.3. The first-order valence-corrected chi connectivity index (χ1v) is 8.62. The summed E-state index contributed by atoms with van der Waals surface area (Å²) in [6, 6.07) is 17.4. The van der Waals surface area contributed by atoms with Gasteiger partial charge in [0.2, 0.25) is 11.8 Å². The van der Waals surface area contributed by atoms with Gasteiger partial charge in [-0.3, -0.25) is 14.5 Å². The first-order valence-electron chi connectivity index (χ1n) is 7.57. The molecule has 2 aromatic carbocycles. The van der Waals surface area contributed by atoms with Crippen LogP contribution >= 0.6 is 11.8 Å². The molecule has 118 valence electrons. The first-order chi connectivity index (χ1) is 11.2. The summed E-state index contributed by atoms with van der Waals surface area (Å²) in [5.41, 5.74) is 2.75. The number of carbonyl (C=O) groups excluding carboxylic acids is 2. The van der Waals surface area contributed by atoms with Gasteiger partial charge in [-0.05, 0) is 29.8 Å². The number of benzene rings is 2. The molecule has 1 N–H and O–H groups in total. The molecule has 0 aliphatic carbocycles. The lowest BCUT2D eigenvalue weighted by atomic mass is 10.1. The second-order valence-electron chi connectivity index (χ2n) is 5.29. The van der Waals surface area contributed by atoms with Gasteiger partial charge in [0.05, 0.1) is 5.75 Å². The summed E-state index contributed by atoms with van der Waals surface area (Å²) in [4.78, 5) is 25.5. The highest BCUT2D eigenvalue weighted by Crippen LogP contribution is 2.41. The van der Waals surface area contributed by atoms with Gasteiger partial charge >= 0.3 is 0 Å². The maximum Gasteiger partial charge on any atom is 0.238 e. The van der Waals surface area contributed by atoms with Crippen molar-refractivity contribution in [3.05, 3.63) is 60.2 Å². The SMILES string of the molecule is CCC(=O)Nc1ccc(C2SCC(=O)N2c2ccccc2)cc1. The molecule has 2 aromatic rings. The largest absolute Gasteiger partial charge is 0.326 e. The van der Waals surface area contributed by atoms with Gasteiger partial charge in [-0.25, -0.2) is 0 Å². The Labute approximate surface area is 139 Å². The lowest BCUT2D eigenvalue weighted by molar-refractivity contribution is -0.116. The van der Waals surface area contributed by atoms with Crippen LogP contribution in [0.1, 0.15) is 24.3 Å². The number of carbonyl (C=O) groups is 2. The van der Waals surface area contributed by atoms with Crippen molar-refractivity contribution < 1.29 is 9.59 Å². The van der Waals surface area contributed by atoms with Crippen LogP contribution in [0.5, 0.6) is 0 Å². The Balaban J connectivity index is 1.83. The van der Waals surface area contributed by atoms with Gasteiger partial charge in [0.1, 0.15) is 5.37 Å². The number of para-hydroxylation sites is 1. The fourth-order valence-corrected chi connectivity index (χ4v) is 3.70. The second kappa shape index (κ2) is 6.87. The lowest BCUT2D eigenvalue weighted by Gasteiger charge is -2.24. The number of hydrogen-bond donors (Lipinski definition) is 1. The van der Waals surface area contributed by atoms with Gasteiger partial charge in [0, 0.05) is 17.8 Å². The van der Waals surface area contributed by atoms with E-state index in [9.17, 15) is 9.59 Å². The van der Waals surface area contributed by atoms with E-state index in [1.807, 2.05) is 66.4 Å². The van der Waals surface area contributed by atoms with Crippen molar-refractivity contribution in [2.45, 2.75) is 18.7 Å². The molecule has 0 saturated carbocycles. The van der Waals surface area contributed by atoms with Gasteiger partial charge < -0.3 is 5.32 Å². The van der Waals surface area contributed by atoms with E-state index >= 15 is 0 Å². The van der Waals surface area contributed by atoms with Crippen LogP contribution in [-0.4, -0.2) is 17.6 Å². The van der Waals surface area contributed by atoms with Crippen molar-refractivity contribution in [3.63, 3.8) is 0 Å². The number of amides is 2. The van der Waals surface area contributed by atoms with Gasteiger partial charge in [-0.2, -0.15) is 0 Å². The number of nitrogens with zero attached hydrogens (tertiary/aromatic N) is 1. The van der Waals surface area contributed by atoms with E-state index in [0.717, 1.165) is 16.9 Å². The van der Waals surface area contributed by atoms with Crippen LogP contribution < -0.4 is 10.2 Å². The van der Waals surface area contributed by atoms with E-state index in [0.29, 0.717) is 12.2 Å².